The predicted molar refractivity (Wildman–Crippen MR) is 153 cm³/mol. The van der Waals surface area contributed by atoms with Gasteiger partial charge in [0.1, 0.15) is 18.3 Å². The largest absolute Gasteiger partial charge is 0.497 e. The molecular formula is C29H34ClN3O5S. The number of hydrogen-bond acceptors (Lipinski definition) is 5. The second kappa shape index (κ2) is 13.5. The summed E-state index contributed by atoms with van der Waals surface area (Å²) in [7, 11) is -2.69. The molecule has 0 aliphatic rings. The van der Waals surface area contributed by atoms with Crippen LogP contribution in [-0.4, -0.2) is 51.4 Å². The topological polar surface area (TPSA) is 96.0 Å². The first-order valence-corrected chi connectivity index (χ1v) is 14.4. The van der Waals surface area contributed by atoms with Crippen molar-refractivity contribution >= 4 is 39.1 Å². The maximum absolute atomic E-state index is 13.9. The molecule has 0 saturated heterocycles. The molecule has 0 fully saturated rings. The number of rotatable bonds is 12. The number of sulfonamides is 1. The molecule has 0 bridgehead atoms. The first kappa shape index (κ1) is 30.0. The van der Waals surface area contributed by atoms with Gasteiger partial charge in [0.25, 0.3) is 10.0 Å². The third-order valence-corrected chi connectivity index (χ3v) is 8.13. The van der Waals surface area contributed by atoms with Crippen molar-refractivity contribution < 1.29 is 22.7 Å². The van der Waals surface area contributed by atoms with Gasteiger partial charge in [0.15, 0.2) is 0 Å². The Bertz CT molecular complexity index is 1350. The number of carbonyl (C=O) groups is 2. The molecule has 2 amide bonds. The van der Waals surface area contributed by atoms with E-state index in [0.717, 1.165) is 9.87 Å². The summed E-state index contributed by atoms with van der Waals surface area (Å²) in [4.78, 5) is 28.2. The number of anilines is 1. The van der Waals surface area contributed by atoms with Crippen molar-refractivity contribution in [3.05, 3.63) is 89.4 Å². The highest BCUT2D eigenvalue weighted by Gasteiger charge is 2.32. The summed E-state index contributed by atoms with van der Waals surface area (Å²) in [6, 6.07) is 20.5. The van der Waals surface area contributed by atoms with E-state index >= 15 is 0 Å². The number of nitrogens with zero attached hydrogens (tertiary/aromatic N) is 2. The Kier molecular flexibility index (Phi) is 10.4. The van der Waals surface area contributed by atoms with Crippen LogP contribution < -0.4 is 14.4 Å². The number of benzene rings is 3. The zero-order valence-electron chi connectivity index (χ0n) is 22.5. The molecule has 0 aromatic heterocycles. The van der Waals surface area contributed by atoms with Crippen LogP contribution in [0.3, 0.4) is 0 Å². The van der Waals surface area contributed by atoms with E-state index in [1.54, 1.807) is 19.1 Å². The Morgan fingerprint density at radius 1 is 0.923 bits per heavy atom. The van der Waals surface area contributed by atoms with Gasteiger partial charge in [0, 0.05) is 18.1 Å². The summed E-state index contributed by atoms with van der Waals surface area (Å²) >= 11 is 6.05. The molecule has 0 aliphatic heterocycles. The molecule has 0 heterocycles. The first-order valence-electron chi connectivity index (χ1n) is 12.6. The summed E-state index contributed by atoms with van der Waals surface area (Å²) in [6.07, 6.45) is 0. The second-order valence-electron chi connectivity index (χ2n) is 9.49. The lowest BCUT2D eigenvalue weighted by molar-refractivity contribution is -0.139. The predicted octanol–water partition coefficient (Wildman–Crippen LogP) is 4.73. The smallest absolute Gasteiger partial charge is 0.264 e. The number of amides is 2. The number of carbonyl (C=O) groups excluding carboxylic acids is 2. The fourth-order valence-electron chi connectivity index (χ4n) is 3.83. The zero-order valence-corrected chi connectivity index (χ0v) is 24.1. The highest BCUT2D eigenvalue weighted by molar-refractivity contribution is 7.92. The van der Waals surface area contributed by atoms with E-state index in [4.69, 9.17) is 16.3 Å². The maximum Gasteiger partial charge on any atom is 0.264 e. The summed E-state index contributed by atoms with van der Waals surface area (Å²) in [5.74, 6) is -0.116. The average Bonchev–Trinajstić information content (AvgIpc) is 2.93. The second-order valence-corrected chi connectivity index (χ2v) is 11.8. The van der Waals surface area contributed by atoms with Crippen LogP contribution >= 0.6 is 11.6 Å². The molecule has 3 aromatic carbocycles. The van der Waals surface area contributed by atoms with E-state index in [0.29, 0.717) is 17.3 Å². The molecule has 10 heteroatoms. The molecule has 0 saturated carbocycles. The van der Waals surface area contributed by atoms with E-state index in [1.165, 1.54) is 48.4 Å². The van der Waals surface area contributed by atoms with Crippen LogP contribution in [0.2, 0.25) is 5.02 Å². The van der Waals surface area contributed by atoms with Gasteiger partial charge in [0.05, 0.1) is 17.7 Å². The van der Waals surface area contributed by atoms with Crippen molar-refractivity contribution in [2.24, 2.45) is 5.92 Å². The van der Waals surface area contributed by atoms with Crippen molar-refractivity contribution in [1.82, 2.24) is 10.2 Å². The van der Waals surface area contributed by atoms with Crippen LogP contribution in [0.1, 0.15) is 26.3 Å². The lowest BCUT2D eigenvalue weighted by atomic mass is 10.1. The minimum absolute atomic E-state index is 0.0108. The number of methoxy groups -OCH3 is 1. The van der Waals surface area contributed by atoms with Crippen molar-refractivity contribution in [2.45, 2.75) is 38.3 Å². The van der Waals surface area contributed by atoms with Gasteiger partial charge in [-0.3, -0.25) is 13.9 Å². The Labute approximate surface area is 235 Å². The Balaban J connectivity index is 1.99. The van der Waals surface area contributed by atoms with Gasteiger partial charge in [0.2, 0.25) is 11.8 Å². The molecule has 1 atom stereocenters. The fraction of sp³-hybridized carbons (Fsp3) is 0.310. The number of ether oxygens (including phenoxy) is 1. The first-order chi connectivity index (χ1) is 18.5. The third kappa shape index (κ3) is 7.97. The van der Waals surface area contributed by atoms with E-state index in [-0.39, 0.29) is 29.0 Å². The highest BCUT2D eigenvalue weighted by atomic mass is 35.5. The Hall–Kier alpha value is -3.56. The van der Waals surface area contributed by atoms with Crippen molar-refractivity contribution in [2.75, 3.05) is 24.5 Å². The van der Waals surface area contributed by atoms with Crippen LogP contribution in [0.25, 0.3) is 0 Å². The number of hydrogen-bond donors (Lipinski definition) is 1. The van der Waals surface area contributed by atoms with Gasteiger partial charge in [-0.05, 0) is 66.9 Å². The fourth-order valence-corrected chi connectivity index (χ4v) is 5.37. The summed E-state index contributed by atoms with van der Waals surface area (Å²) < 4.78 is 33.8. The minimum atomic E-state index is -4.17. The SMILES string of the molecule is COc1ccc(S(=O)(=O)N(CC(=O)N(Cc2ccccc2)[C@H](C)C(=O)NCC(C)C)c2ccc(Cl)cc2)cc1. The molecule has 39 heavy (non-hydrogen) atoms. The van der Waals surface area contributed by atoms with Gasteiger partial charge in [-0.1, -0.05) is 55.8 Å². The number of nitrogens with one attached hydrogen (secondary N) is 1. The zero-order chi connectivity index (χ0) is 28.6. The molecule has 0 unspecified atom stereocenters. The molecule has 0 radical (unpaired) electrons. The average molecular weight is 572 g/mol. The van der Waals surface area contributed by atoms with Crippen molar-refractivity contribution in [3.8, 4) is 5.75 Å². The molecule has 208 valence electrons. The van der Waals surface area contributed by atoms with Gasteiger partial charge in [-0.2, -0.15) is 0 Å². The number of halogens is 1. The van der Waals surface area contributed by atoms with Crippen molar-refractivity contribution in [1.29, 1.82) is 0 Å². The standard InChI is InChI=1S/C29H34ClN3O5S/c1-21(2)18-31-29(35)22(3)32(19-23-8-6-5-7-9-23)28(34)20-33(25-12-10-24(30)11-13-25)39(36,37)27-16-14-26(38-4)15-17-27/h5-17,21-22H,18-20H2,1-4H3,(H,31,35)/t22-/m1/s1. The van der Waals surface area contributed by atoms with Crippen LogP contribution in [-0.2, 0) is 26.2 Å². The van der Waals surface area contributed by atoms with Gasteiger partial charge in [-0.15, -0.1) is 0 Å². The van der Waals surface area contributed by atoms with Gasteiger partial charge < -0.3 is 15.0 Å². The molecule has 3 aromatic rings. The van der Waals surface area contributed by atoms with Crippen LogP contribution in [0, 0.1) is 5.92 Å². The third-order valence-electron chi connectivity index (χ3n) is 6.09. The minimum Gasteiger partial charge on any atom is -0.497 e. The normalized spacial score (nSPS) is 12.1. The lowest BCUT2D eigenvalue weighted by Crippen LogP contribution is -2.51. The van der Waals surface area contributed by atoms with Crippen LogP contribution in [0.15, 0.2) is 83.8 Å². The van der Waals surface area contributed by atoms with E-state index in [1.807, 2.05) is 44.2 Å². The van der Waals surface area contributed by atoms with Crippen LogP contribution in [0.4, 0.5) is 5.69 Å². The highest BCUT2D eigenvalue weighted by Crippen LogP contribution is 2.27. The summed E-state index contributed by atoms with van der Waals surface area (Å²) in [5, 5.41) is 3.29. The van der Waals surface area contributed by atoms with E-state index < -0.39 is 28.5 Å². The molecule has 0 spiro atoms. The molecular weight excluding hydrogens is 538 g/mol. The van der Waals surface area contributed by atoms with Gasteiger partial charge >= 0.3 is 0 Å². The molecule has 0 aliphatic carbocycles. The van der Waals surface area contributed by atoms with E-state index in [2.05, 4.69) is 5.32 Å². The summed E-state index contributed by atoms with van der Waals surface area (Å²) in [6.45, 7) is 5.66. The maximum atomic E-state index is 13.9. The van der Waals surface area contributed by atoms with E-state index in [9.17, 15) is 18.0 Å². The van der Waals surface area contributed by atoms with Crippen molar-refractivity contribution in [3.63, 3.8) is 0 Å². The lowest BCUT2D eigenvalue weighted by Gasteiger charge is -2.32. The Morgan fingerprint density at radius 2 is 1.54 bits per heavy atom. The molecule has 1 N–H and O–H groups in total. The monoisotopic (exact) mass is 571 g/mol. The van der Waals surface area contributed by atoms with Gasteiger partial charge in [-0.25, -0.2) is 8.42 Å². The summed E-state index contributed by atoms with van der Waals surface area (Å²) in [5.41, 5.74) is 1.07. The van der Waals surface area contributed by atoms with Crippen LogP contribution in [0.5, 0.6) is 5.75 Å². The quantitative estimate of drug-likeness (QED) is 0.339. The molecule has 3 rings (SSSR count). The molecule has 8 nitrogen and oxygen atoms in total. The Morgan fingerprint density at radius 3 is 2.10 bits per heavy atom.